The van der Waals surface area contributed by atoms with E-state index in [9.17, 15) is 18.0 Å². The van der Waals surface area contributed by atoms with Gasteiger partial charge in [0.05, 0.1) is 5.56 Å². The molecule has 0 saturated carbocycles. The number of benzene rings is 2. The normalized spacial score (nSPS) is 22.4. The summed E-state index contributed by atoms with van der Waals surface area (Å²) in [6.45, 7) is 2.27. The first-order valence-corrected chi connectivity index (χ1v) is 10.5. The molecule has 2 fully saturated rings. The van der Waals surface area contributed by atoms with Gasteiger partial charge in [0.25, 0.3) is 0 Å². The zero-order valence-electron chi connectivity index (χ0n) is 16.5. The van der Waals surface area contributed by atoms with E-state index in [1.807, 2.05) is 6.20 Å². The predicted molar refractivity (Wildman–Crippen MR) is 110 cm³/mol. The number of piperidine rings is 1. The van der Waals surface area contributed by atoms with Crippen LogP contribution in [0.15, 0.2) is 48.7 Å². The number of H-pyrrole nitrogens is 1. The average Bonchev–Trinajstić information content (AvgIpc) is 3.38. The van der Waals surface area contributed by atoms with Crippen molar-refractivity contribution in [3.05, 3.63) is 70.9 Å². The number of fused-ring (bicyclic) bond motifs is 2. The van der Waals surface area contributed by atoms with Crippen molar-refractivity contribution in [3.63, 3.8) is 0 Å². The minimum atomic E-state index is -4.56. The highest BCUT2D eigenvalue weighted by atomic mass is 19.4. The molecule has 30 heavy (non-hydrogen) atoms. The lowest BCUT2D eigenvalue weighted by molar-refractivity contribution is -0.137. The fourth-order valence-electron chi connectivity index (χ4n) is 5.21. The number of alkyl halides is 3. The summed E-state index contributed by atoms with van der Waals surface area (Å²) in [5.41, 5.74) is 1.19. The second-order valence-electron chi connectivity index (χ2n) is 8.43. The number of ketones is 1. The van der Waals surface area contributed by atoms with Gasteiger partial charge < -0.3 is 9.88 Å². The predicted octanol–water partition coefficient (Wildman–Crippen LogP) is 5.76. The van der Waals surface area contributed by atoms with Crippen LogP contribution >= 0.6 is 0 Å². The zero-order chi connectivity index (χ0) is 20.9. The number of halogens is 3. The standard InChI is InChI=1S/C24H23F3N2O/c25-24(26,27)21-6-2-1-5-18(21)23(30)16-7-8-22-19(13-16)20(14-28-22)15-9-11-29-10-3-4-17(29)12-15/h1-2,5-8,13-15,17,28H,3-4,9-12H2. The molecule has 2 aliphatic rings. The number of aromatic amines is 1. The van der Waals surface area contributed by atoms with E-state index in [1.165, 1.54) is 43.1 Å². The molecule has 0 bridgehead atoms. The molecule has 5 rings (SSSR count). The van der Waals surface area contributed by atoms with E-state index in [4.69, 9.17) is 0 Å². The third kappa shape index (κ3) is 3.33. The largest absolute Gasteiger partial charge is 0.417 e. The Balaban J connectivity index is 1.50. The highest BCUT2D eigenvalue weighted by Crippen LogP contribution is 2.39. The van der Waals surface area contributed by atoms with Gasteiger partial charge in [0.2, 0.25) is 0 Å². The quantitative estimate of drug-likeness (QED) is 0.555. The summed E-state index contributed by atoms with van der Waals surface area (Å²) < 4.78 is 40.1. The van der Waals surface area contributed by atoms with Crippen LogP contribution in [0.4, 0.5) is 13.2 Å². The van der Waals surface area contributed by atoms with E-state index < -0.39 is 17.5 Å². The second kappa shape index (κ2) is 7.27. The van der Waals surface area contributed by atoms with Crippen LogP contribution in [-0.4, -0.2) is 34.8 Å². The van der Waals surface area contributed by atoms with Gasteiger partial charge in [-0.2, -0.15) is 13.2 Å². The van der Waals surface area contributed by atoms with E-state index in [2.05, 4.69) is 9.88 Å². The molecule has 6 heteroatoms. The molecule has 2 atom stereocenters. The first-order valence-electron chi connectivity index (χ1n) is 10.5. The third-order valence-electron chi connectivity index (χ3n) is 6.71. The van der Waals surface area contributed by atoms with Gasteiger partial charge in [-0.15, -0.1) is 0 Å². The summed E-state index contributed by atoms with van der Waals surface area (Å²) in [5.74, 6) is -0.187. The first kappa shape index (κ1) is 19.4. The van der Waals surface area contributed by atoms with Crippen LogP contribution < -0.4 is 0 Å². The van der Waals surface area contributed by atoms with Crippen molar-refractivity contribution >= 4 is 16.7 Å². The number of nitrogens with zero attached hydrogens (tertiary/aromatic N) is 1. The Morgan fingerprint density at radius 1 is 1.07 bits per heavy atom. The smallest absolute Gasteiger partial charge is 0.361 e. The SMILES string of the molecule is O=C(c1ccc2[nH]cc(C3CCN4CCCC4C3)c2c1)c1ccccc1C(F)(F)F. The lowest BCUT2D eigenvalue weighted by atomic mass is 9.85. The minimum Gasteiger partial charge on any atom is -0.361 e. The van der Waals surface area contributed by atoms with E-state index in [1.54, 1.807) is 18.2 Å². The molecular weight excluding hydrogens is 389 g/mol. The molecule has 2 aromatic carbocycles. The second-order valence-corrected chi connectivity index (χ2v) is 8.43. The maximum absolute atomic E-state index is 13.4. The van der Waals surface area contributed by atoms with Crippen LogP contribution in [0.5, 0.6) is 0 Å². The van der Waals surface area contributed by atoms with Crippen molar-refractivity contribution in [2.75, 3.05) is 13.1 Å². The fraction of sp³-hybridized carbons (Fsp3) is 0.375. The minimum absolute atomic E-state index is 0.290. The summed E-state index contributed by atoms with van der Waals surface area (Å²) >= 11 is 0. The number of nitrogens with one attached hydrogen (secondary N) is 1. The summed E-state index contributed by atoms with van der Waals surface area (Å²) in [6, 6.07) is 10.8. The molecule has 2 saturated heterocycles. The van der Waals surface area contributed by atoms with Gasteiger partial charge in [-0.1, -0.05) is 18.2 Å². The van der Waals surface area contributed by atoms with Gasteiger partial charge in [-0.3, -0.25) is 4.79 Å². The lowest BCUT2D eigenvalue weighted by Gasteiger charge is -2.34. The maximum Gasteiger partial charge on any atom is 0.417 e. The number of carbonyl (C=O) groups is 1. The molecule has 3 aromatic rings. The van der Waals surface area contributed by atoms with Crippen LogP contribution in [0.25, 0.3) is 10.9 Å². The Hall–Kier alpha value is -2.60. The highest BCUT2D eigenvalue weighted by Gasteiger charge is 2.35. The summed E-state index contributed by atoms with van der Waals surface area (Å²) in [7, 11) is 0. The topological polar surface area (TPSA) is 36.1 Å². The van der Waals surface area contributed by atoms with Crippen LogP contribution in [0, 0.1) is 0 Å². The highest BCUT2D eigenvalue weighted by molar-refractivity contribution is 6.11. The number of hydrogen-bond acceptors (Lipinski definition) is 2. The Labute approximate surface area is 172 Å². The van der Waals surface area contributed by atoms with Gasteiger partial charge in [-0.25, -0.2) is 0 Å². The molecule has 0 spiro atoms. The Kier molecular flexibility index (Phi) is 4.69. The van der Waals surface area contributed by atoms with E-state index in [0.717, 1.165) is 36.4 Å². The van der Waals surface area contributed by atoms with Gasteiger partial charge in [0.15, 0.2) is 5.78 Å². The summed E-state index contributed by atoms with van der Waals surface area (Å²) in [5, 5.41) is 0.946. The monoisotopic (exact) mass is 412 g/mol. The maximum atomic E-state index is 13.4. The van der Waals surface area contributed by atoms with Crippen molar-refractivity contribution in [2.45, 2.75) is 43.8 Å². The molecule has 0 amide bonds. The molecule has 0 radical (unpaired) electrons. The van der Waals surface area contributed by atoms with Gasteiger partial charge in [0, 0.05) is 34.3 Å². The molecule has 2 unspecified atom stereocenters. The van der Waals surface area contributed by atoms with Crippen LogP contribution in [0.1, 0.15) is 58.6 Å². The first-order chi connectivity index (χ1) is 14.4. The third-order valence-corrected chi connectivity index (χ3v) is 6.71. The molecule has 3 nitrogen and oxygen atoms in total. The Bertz CT molecular complexity index is 1100. The molecule has 1 aromatic heterocycles. The van der Waals surface area contributed by atoms with Gasteiger partial charge in [-0.05, 0) is 74.5 Å². The molecule has 2 aliphatic heterocycles. The molecule has 156 valence electrons. The molecular formula is C24H23F3N2O. The van der Waals surface area contributed by atoms with Crippen molar-refractivity contribution in [2.24, 2.45) is 0 Å². The van der Waals surface area contributed by atoms with E-state index in [-0.39, 0.29) is 5.56 Å². The van der Waals surface area contributed by atoms with Crippen LogP contribution in [0.3, 0.4) is 0 Å². The Morgan fingerprint density at radius 3 is 2.73 bits per heavy atom. The fourth-order valence-corrected chi connectivity index (χ4v) is 5.21. The number of hydrogen-bond donors (Lipinski definition) is 1. The van der Waals surface area contributed by atoms with Crippen molar-refractivity contribution < 1.29 is 18.0 Å². The molecule has 1 N–H and O–H groups in total. The van der Waals surface area contributed by atoms with E-state index >= 15 is 0 Å². The molecule has 3 heterocycles. The van der Waals surface area contributed by atoms with Crippen molar-refractivity contribution in [3.8, 4) is 0 Å². The summed E-state index contributed by atoms with van der Waals surface area (Å²) in [6.07, 6.45) is 2.10. The number of carbonyl (C=O) groups excluding carboxylic acids is 1. The molecule has 0 aliphatic carbocycles. The summed E-state index contributed by atoms with van der Waals surface area (Å²) in [4.78, 5) is 18.8. The van der Waals surface area contributed by atoms with Gasteiger partial charge in [0.1, 0.15) is 0 Å². The number of aromatic nitrogens is 1. The average molecular weight is 412 g/mol. The van der Waals surface area contributed by atoms with Crippen LogP contribution in [-0.2, 0) is 6.18 Å². The van der Waals surface area contributed by atoms with E-state index in [0.29, 0.717) is 17.5 Å². The zero-order valence-corrected chi connectivity index (χ0v) is 16.5. The van der Waals surface area contributed by atoms with Crippen molar-refractivity contribution in [1.82, 2.24) is 9.88 Å². The van der Waals surface area contributed by atoms with Gasteiger partial charge >= 0.3 is 6.18 Å². The Morgan fingerprint density at radius 2 is 1.90 bits per heavy atom. The van der Waals surface area contributed by atoms with Crippen LogP contribution in [0.2, 0.25) is 0 Å². The number of rotatable bonds is 3. The van der Waals surface area contributed by atoms with Crippen molar-refractivity contribution in [1.29, 1.82) is 0 Å². The lowest BCUT2D eigenvalue weighted by Crippen LogP contribution is -2.37.